The van der Waals surface area contributed by atoms with Gasteiger partial charge in [0.2, 0.25) is 5.91 Å². The first-order valence-corrected chi connectivity index (χ1v) is 12.4. The van der Waals surface area contributed by atoms with Crippen LogP contribution in [0.15, 0.2) is 35.8 Å². The highest BCUT2D eigenvalue weighted by molar-refractivity contribution is 6.47. The molecule has 3 aromatic rings. The number of aromatic amines is 1. The van der Waals surface area contributed by atoms with Crippen LogP contribution in [0.3, 0.4) is 0 Å². The van der Waals surface area contributed by atoms with E-state index in [4.69, 9.17) is 16.2 Å². The summed E-state index contributed by atoms with van der Waals surface area (Å²) in [5.41, 5.74) is 10.4. The standard InChI is InChI=1S/C26H32N8O2/c1-14(15(2)27)23(28)25(35)30-19-10-18-11-22(31-24(18)29-12-19)21-13-34(32-16(21)3)20-6-8-33(9-7-20)26(36)17-4-5-17/h10-13,17,20,28H,4-9,27H2,1-3H3,(H,29,31)(H,30,35)/b15-14-,28-23?. The van der Waals surface area contributed by atoms with Gasteiger partial charge in [-0.3, -0.25) is 19.7 Å². The van der Waals surface area contributed by atoms with Gasteiger partial charge in [-0.25, -0.2) is 4.98 Å². The van der Waals surface area contributed by atoms with Crippen LogP contribution >= 0.6 is 0 Å². The summed E-state index contributed by atoms with van der Waals surface area (Å²) in [6, 6.07) is 4.09. The van der Waals surface area contributed by atoms with Crippen molar-refractivity contribution in [3.05, 3.63) is 41.5 Å². The zero-order chi connectivity index (χ0) is 25.6. The fraction of sp³-hybridized carbons (Fsp3) is 0.423. The zero-order valence-electron chi connectivity index (χ0n) is 20.9. The Labute approximate surface area is 209 Å². The number of rotatable bonds is 6. The summed E-state index contributed by atoms with van der Waals surface area (Å²) in [5.74, 6) is 0.0638. The number of piperidine rings is 1. The van der Waals surface area contributed by atoms with E-state index in [0.29, 0.717) is 28.5 Å². The lowest BCUT2D eigenvalue weighted by atomic mass is 10.0. The molecule has 0 radical (unpaired) electrons. The number of carbonyl (C=O) groups excluding carboxylic acids is 2. The van der Waals surface area contributed by atoms with Crippen LogP contribution < -0.4 is 11.1 Å². The number of carbonyl (C=O) groups is 2. The normalized spacial score (nSPS) is 17.2. The Balaban J connectivity index is 1.30. The first-order valence-electron chi connectivity index (χ1n) is 12.4. The third-order valence-corrected chi connectivity index (χ3v) is 7.21. The van der Waals surface area contributed by atoms with Crippen molar-refractivity contribution >= 4 is 34.2 Å². The second-order valence-electron chi connectivity index (χ2n) is 9.92. The number of allylic oxidation sites excluding steroid dienone is 1. The fourth-order valence-electron chi connectivity index (χ4n) is 4.66. The molecule has 188 valence electrons. The molecule has 0 atom stereocenters. The Bertz CT molecular complexity index is 1380. The first-order chi connectivity index (χ1) is 17.2. The summed E-state index contributed by atoms with van der Waals surface area (Å²) < 4.78 is 2.04. The molecule has 0 spiro atoms. The quantitative estimate of drug-likeness (QED) is 0.392. The van der Waals surface area contributed by atoms with Crippen molar-refractivity contribution in [3.63, 3.8) is 0 Å². The molecule has 2 fully saturated rings. The van der Waals surface area contributed by atoms with Crippen molar-refractivity contribution in [1.29, 1.82) is 5.41 Å². The van der Waals surface area contributed by atoms with Gasteiger partial charge in [0.25, 0.3) is 5.91 Å². The molecule has 10 nitrogen and oxygen atoms in total. The molecule has 4 heterocycles. The number of pyridine rings is 1. The Hall–Kier alpha value is -3.95. The predicted molar refractivity (Wildman–Crippen MR) is 139 cm³/mol. The summed E-state index contributed by atoms with van der Waals surface area (Å²) in [6.07, 6.45) is 7.53. The Kier molecular flexibility index (Phi) is 6.11. The lowest BCUT2D eigenvalue weighted by molar-refractivity contribution is -0.133. The molecule has 10 heteroatoms. The molecule has 2 aliphatic rings. The van der Waals surface area contributed by atoms with Crippen molar-refractivity contribution in [2.45, 2.75) is 52.5 Å². The van der Waals surface area contributed by atoms with Crippen molar-refractivity contribution < 1.29 is 9.59 Å². The van der Waals surface area contributed by atoms with Crippen LogP contribution in [0.4, 0.5) is 5.69 Å². The van der Waals surface area contributed by atoms with Crippen LogP contribution in [0, 0.1) is 18.3 Å². The summed E-state index contributed by atoms with van der Waals surface area (Å²) in [4.78, 5) is 34.6. The number of H-pyrrole nitrogens is 1. The summed E-state index contributed by atoms with van der Waals surface area (Å²) in [5, 5.41) is 16.4. The van der Waals surface area contributed by atoms with Crippen molar-refractivity contribution in [3.8, 4) is 11.3 Å². The lowest BCUT2D eigenvalue weighted by Crippen LogP contribution is -2.39. The van der Waals surface area contributed by atoms with Crippen LogP contribution in [0.25, 0.3) is 22.3 Å². The fourth-order valence-corrected chi connectivity index (χ4v) is 4.66. The van der Waals surface area contributed by atoms with Crippen LogP contribution in [0.1, 0.15) is 51.3 Å². The average Bonchev–Trinajstić information content (AvgIpc) is 3.52. The molecule has 2 amide bonds. The minimum absolute atomic E-state index is 0.171. The molecule has 0 unspecified atom stereocenters. The van der Waals surface area contributed by atoms with E-state index in [1.165, 1.54) is 0 Å². The number of nitrogens with two attached hydrogens (primary N) is 1. The summed E-state index contributed by atoms with van der Waals surface area (Å²) in [6.45, 7) is 6.88. The van der Waals surface area contributed by atoms with Crippen molar-refractivity contribution in [2.24, 2.45) is 11.7 Å². The van der Waals surface area contributed by atoms with Crippen LogP contribution in [0.2, 0.25) is 0 Å². The van der Waals surface area contributed by atoms with E-state index < -0.39 is 5.91 Å². The number of aryl methyl sites for hydroxylation is 1. The molecule has 1 aliphatic carbocycles. The highest BCUT2D eigenvalue weighted by Gasteiger charge is 2.35. The number of likely N-dealkylation sites (tertiary alicyclic amines) is 1. The molecule has 0 aromatic carbocycles. The third kappa shape index (κ3) is 4.62. The van der Waals surface area contributed by atoms with Gasteiger partial charge < -0.3 is 20.9 Å². The van der Waals surface area contributed by atoms with Gasteiger partial charge >= 0.3 is 0 Å². The van der Waals surface area contributed by atoms with E-state index in [1.54, 1.807) is 20.0 Å². The monoisotopic (exact) mass is 488 g/mol. The van der Waals surface area contributed by atoms with Crippen LogP contribution in [-0.4, -0.2) is 55.3 Å². The van der Waals surface area contributed by atoms with Gasteiger partial charge in [-0.1, -0.05) is 0 Å². The number of amides is 2. The largest absolute Gasteiger partial charge is 0.402 e. The molecule has 36 heavy (non-hydrogen) atoms. The van der Waals surface area contributed by atoms with E-state index >= 15 is 0 Å². The molecule has 1 saturated heterocycles. The highest BCUT2D eigenvalue weighted by Crippen LogP contribution is 2.34. The van der Waals surface area contributed by atoms with Gasteiger partial charge in [0.1, 0.15) is 11.4 Å². The second-order valence-corrected chi connectivity index (χ2v) is 9.92. The molecule has 1 saturated carbocycles. The Morgan fingerprint density at radius 2 is 1.89 bits per heavy atom. The first kappa shape index (κ1) is 23.8. The molecule has 0 bridgehead atoms. The van der Waals surface area contributed by atoms with Gasteiger partial charge in [0.15, 0.2) is 0 Å². The maximum Gasteiger partial charge on any atom is 0.273 e. The predicted octanol–water partition coefficient (Wildman–Crippen LogP) is 3.52. The zero-order valence-corrected chi connectivity index (χ0v) is 20.9. The van der Waals surface area contributed by atoms with Gasteiger partial charge in [-0.15, -0.1) is 0 Å². The molecular formula is C26H32N8O2. The van der Waals surface area contributed by atoms with E-state index in [2.05, 4.69) is 21.5 Å². The number of aromatic nitrogens is 4. The van der Waals surface area contributed by atoms with Crippen LogP contribution in [-0.2, 0) is 9.59 Å². The van der Waals surface area contributed by atoms with E-state index in [-0.39, 0.29) is 17.7 Å². The van der Waals surface area contributed by atoms with E-state index in [9.17, 15) is 9.59 Å². The highest BCUT2D eigenvalue weighted by atomic mass is 16.2. The van der Waals surface area contributed by atoms with Gasteiger partial charge in [-0.05, 0) is 64.2 Å². The molecule has 5 rings (SSSR count). The van der Waals surface area contributed by atoms with Gasteiger partial charge in [0, 0.05) is 41.9 Å². The maximum atomic E-state index is 12.4. The number of hydrogen-bond acceptors (Lipinski definition) is 6. The number of nitrogens with zero attached hydrogens (tertiary/aromatic N) is 4. The Morgan fingerprint density at radius 1 is 1.17 bits per heavy atom. The number of anilines is 1. The molecular weight excluding hydrogens is 456 g/mol. The van der Waals surface area contributed by atoms with Gasteiger partial charge in [0.05, 0.1) is 29.3 Å². The SMILES string of the molecule is C/C(N)=C(\C)C(=N)C(=O)Nc1cnc2[nH]c(-c3cn(C4CCN(C(=O)C5CC5)CC4)nc3C)cc2c1. The third-order valence-electron chi connectivity index (χ3n) is 7.21. The number of fused-ring (bicyclic) bond motifs is 1. The topological polar surface area (TPSA) is 146 Å². The minimum Gasteiger partial charge on any atom is -0.402 e. The number of nitrogens with one attached hydrogen (secondary N) is 3. The minimum atomic E-state index is -0.531. The lowest BCUT2D eigenvalue weighted by Gasteiger charge is -2.32. The number of hydrogen-bond donors (Lipinski definition) is 4. The Morgan fingerprint density at radius 3 is 2.56 bits per heavy atom. The van der Waals surface area contributed by atoms with Crippen molar-refractivity contribution in [1.82, 2.24) is 24.6 Å². The van der Waals surface area contributed by atoms with E-state index in [0.717, 1.165) is 61.1 Å². The molecule has 5 N–H and O–H groups in total. The van der Waals surface area contributed by atoms with E-state index in [1.807, 2.05) is 28.6 Å². The summed E-state index contributed by atoms with van der Waals surface area (Å²) in [7, 11) is 0. The average molecular weight is 489 g/mol. The van der Waals surface area contributed by atoms with Crippen molar-refractivity contribution in [2.75, 3.05) is 18.4 Å². The summed E-state index contributed by atoms with van der Waals surface area (Å²) >= 11 is 0. The smallest absolute Gasteiger partial charge is 0.273 e. The molecule has 3 aromatic heterocycles. The van der Waals surface area contributed by atoms with Gasteiger partial charge in [-0.2, -0.15) is 5.10 Å². The maximum absolute atomic E-state index is 12.4. The molecule has 1 aliphatic heterocycles. The second kappa shape index (κ2) is 9.25. The van der Waals surface area contributed by atoms with Crippen LogP contribution in [0.5, 0.6) is 0 Å².